The number of carboxylic acids is 1. The van der Waals surface area contributed by atoms with E-state index in [0.717, 1.165) is 30.4 Å². The molecular weight excluding hydrogens is 612 g/mol. The average Bonchev–Trinajstić information content (AvgIpc) is 3.66. The van der Waals surface area contributed by atoms with Crippen molar-refractivity contribution in [3.8, 4) is 0 Å². The zero-order valence-corrected chi connectivity index (χ0v) is 25.9. The highest BCUT2D eigenvalue weighted by Gasteiger charge is 2.32. The van der Waals surface area contributed by atoms with Crippen molar-refractivity contribution in [2.24, 2.45) is 0 Å². The average molecular weight is 645 g/mol. The van der Waals surface area contributed by atoms with E-state index in [9.17, 15) is 29.4 Å². The van der Waals surface area contributed by atoms with E-state index in [1.54, 1.807) is 37.3 Å². The second-order valence-corrected chi connectivity index (χ2v) is 12.3. The lowest BCUT2D eigenvalue weighted by atomic mass is 9.85. The van der Waals surface area contributed by atoms with Gasteiger partial charge in [0.25, 0.3) is 17.7 Å². The monoisotopic (exact) mass is 644 g/mol. The Morgan fingerprint density at radius 2 is 1.78 bits per heavy atom. The number of nitrogens with one attached hydrogen (secondary N) is 3. The molecule has 238 valence electrons. The maximum absolute atomic E-state index is 13.8. The number of carbonyl (C=O) groups excluding carboxylic acids is 3. The van der Waals surface area contributed by atoms with Crippen molar-refractivity contribution >= 4 is 46.6 Å². The number of aliphatic hydroxyl groups is 1. The number of amides is 3. The van der Waals surface area contributed by atoms with E-state index < -0.39 is 35.3 Å². The highest BCUT2D eigenvalue weighted by Crippen LogP contribution is 2.35. The minimum Gasteiger partial charge on any atom is -0.478 e. The van der Waals surface area contributed by atoms with E-state index in [1.165, 1.54) is 22.8 Å². The van der Waals surface area contributed by atoms with E-state index in [0.29, 0.717) is 42.0 Å². The van der Waals surface area contributed by atoms with Gasteiger partial charge in [0.2, 0.25) is 0 Å². The molecular formula is C33H33ClN6O6. The molecule has 1 fully saturated rings. The van der Waals surface area contributed by atoms with Gasteiger partial charge < -0.3 is 26.2 Å². The van der Waals surface area contributed by atoms with Crippen molar-refractivity contribution in [1.82, 2.24) is 25.2 Å². The smallest absolute Gasteiger partial charge is 0.335 e. The Balaban J connectivity index is 1.33. The van der Waals surface area contributed by atoms with Crippen LogP contribution in [0.3, 0.4) is 0 Å². The Bertz CT molecular complexity index is 1880. The van der Waals surface area contributed by atoms with Crippen LogP contribution in [-0.2, 0) is 6.42 Å². The standard InChI is InChI=1S/C33H33ClN6O6/c1-18-19-11-12-24(21(19)10-9-20(18)32(44)45)38-31(43)27-15-26(30(42)35-17-33(46)13-5-2-6-14-33)37-28-22(16-36-40(27)28)29(41)39-25-8-4-3-7-23(25)34/h3-4,7-10,15-16,24,46H,2,5-6,11-14,17H2,1H3,(H,35,42)(H,38,43)(H,39,41)(H,44,45)/t24-/m0/s1. The Morgan fingerprint density at radius 3 is 2.52 bits per heavy atom. The van der Waals surface area contributed by atoms with Crippen molar-refractivity contribution in [3.05, 3.63) is 92.9 Å². The van der Waals surface area contributed by atoms with Crippen LogP contribution in [-0.4, -0.2) is 60.6 Å². The minimum absolute atomic E-state index is 0.0116. The molecule has 2 aliphatic carbocycles. The quantitative estimate of drug-likeness (QED) is 0.186. The number of hydrogen-bond donors (Lipinski definition) is 5. The lowest BCUT2D eigenvalue weighted by Crippen LogP contribution is -2.44. The third-order valence-electron chi connectivity index (χ3n) is 8.89. The fourth-order valence-corrected chi connectivity index (χ4v) is 6.55. The lowest BCUT2D eigenvalue weighted by molar-refractivity contribution is 0.00520. The maximum atomic E-state index is 13.8. The van der Waals surface area contributed by atoms with E-state index in [4.69, 9.17) is 11.6 Å². The third-order valence-corrected chi connectivity index (χ3v) is 9.22. The molecule has 46 heavy (non-hydrogen) atoms. The van der Waals surface area contributed by atoms with Crippen LogP contribution >= 0.6 is 11.6 Å². The Morgan fingerprint density at radius 1 is 1.02 bits per heavy atom. The number of halogens is 1. The molecule has 2 heterocycles. The normalized spacial score (nSPS) is 16.9. The van der Waals surface area contributed by atoms with Crippen LogP contribution in [0.15, 0.2) is 48.7 Å². The molecule has 12 nitrogen and oxygen atoms in total. The summed E-state index contributed by atoms with van der Waals surface area (Å²) in [6.07, 6.45) is 6.29. The number of fused-ring (bicyclic) bond motifs is 2. The Labute approximate surface area is 269 Å². The SMILES string of the molecule is Cc1c(C(=O)O)ccc2c1CC[C@@H]2NC(=O)c1cc(C(=O)NCC2(O)CCCCC2)nc2c(C(=O)Nc3ccccc3Cl)cnn12. The van der Waals surface area contributed by atoms with Gasteiger partial charge >= 0.3 is 5.97 Å². The molecule has 1 saturated carbocycles. The zero-order valence-electron chi connectivity index (χ0n) is 25.1. The zero-order chi connectivity index (χ0) is 32.6. The van der Waals surface area contributed by atoms with Crippen LogP contribution in [0, 0.1) is 6.92 Å². The molecule has 5 N–H and O–H groups in total. The summed E-state index contributed by atoms with van der Waals surface area (Å²) < 4.78 is 1.21. The predicted octanol–water partition coefficient (Wildman–Crippen LogP) is 4.48. The molecule has 0 unspecified atom stereocenters. The summed E-state index contributed by atoms with van der Waals surface area (Å²) >= 11 is 6.24. The molecule has 0 aliphatic heterocycles. The van der Waals surface area contributed by atoms with Gasteiger partial charge in [0.1, 0.15) is 17.0 Å². The number of anilines is 1. The van der Waals surface area contributed by atoms with Crippen LogP contribution in [0.2, 0.25) is 5.02 Å². The van der Waals surface area contributed by atoms with E-state index in [-0.39, 0.29) is 34.7 Å². The van der Waals surface area contributed by atoms with Gasteiger partial charge in [-0.1, -0.05) is 49.1 Å². The maximum Gasteiger partial charge on any atom is 0.335 e. The summed E-state index contributed by atoms with van der Waals surface area (Å²) in [6, 6.07) is 10.8. The molecule has 2 aromatic heterocycles. The second kappa shape index (κ2) is 12.5. The van der Waals surface area contributed by atoms with Gasteiger partial charge in [-0.15, -0.1) is 0 Å². The fourth-order valence-electron chi connectivity index (χ4n) is 6.37. The van der Waals surface area contributed by atoms with E-state index >= 15 is 0 Å². The number of carbonyl (C=O) groups is 4. The highest BCUT2D eigenvalue weighted by atomic mass is 35.5. The number of para-hydroxylation sites is 1. The summed E-state index contributed by atoms with van der Waals surface area (Å²) in [5, 5.41) is 33.5. The molecule has 1 atom stereocenters. The summed E-state index contributed by atoms with van der Waals surface area (Å²) in [5.41, 5.74) is 1.75. The van der Waals surface area contributed by atoms with Gasteiger partial charge in [-0.2, -0.15) is 5.10 Å². The molecule has 2 aliphatic rings. The summed E-state index contributed by atoms with van der Waals surface area (Å²) in [4.78, 5) is 56.7. The second-order valence-electron chi connectivity index (χ2n) is 11.9. The first-order chi connectivity index (χ1) is 22.0. The van der Waals surface area contributed by atoms with Crippen molar-refractivity contribution in [1.29, 1.82) is 0 Å². The molecule has 4 aromatic rings. The first kappa shape index (κ1) is 31.2. The minimum atomic E-state index is -1.02. The summed E-state index contributed by atoms with van der Waals surface area (Å²) in [5.74, 6) is -2.78. The highest BCUT2D eigenvalue weighted by molar-refractivity contribution is 6.34. The van der Waals surface area contributed by atoms with Crippen LogP contribution in [0.1, 0.15) is 103 Å². The Hall–Kier alpha value is -4.81. The van der Waals surface area contributed by atoms with Gasteiger partial charge in [-0.25, -0.2) is 14.3 Å². The number of aromatic nitrogens is 3. The molecule has 3 amide bonds. The van der Waals surface area contributed by atoms with Crippen molar-refractivity contribution in [2.45, 2.75) is 63.5 Å². The largest absolute Gasteiger partial charge is 0.478 e. The summed E-state index contributed by atoms with van der Waals surface area (Å²) in [7, 11) is 0. The van der Waals surface area contributed by atoms with Crippen LogP contribution in [0.25, 0.3) is 5.65 Å². The van der Waals surface area contributed by atoms with Gasteiger partial charge in [-0.3, -0.25) is 14.4 Å². The third kappa shape index (κ3) is 6.05. The topological polar surface area (TPSA) is 175 Å². The van der Waals surface area contributed by atoms with Crippen molar-refractivity contribution < 1.29 is 29.4 Å². The van der Waals surface area contributed by atoms with Gasteiger partial charge in [-0.05, 0) is 67.5 Å². The van der Waals surface area contributed by atoms with Crippen LogP contribution in [0.4, 0.5) is 5.69 Å². The lowest BCUT2D eigenvalue weighted by Gasteiger charge is -2.32. The van der Waals surface area contributed by atoms with Crippen LogP contribution < -0.4 is 16.0 Å². The predicted molar refractivity (Wildman–Crippen MR) is 169 cm³/mol. The molecule has 13 heteroatoms. The number of carboxylic acid groups (broad SMARTS) is 1. The first-order valence-electron chi connectivity index (χ1n) is 15.2. The van der Waals surface area contributed by atoms with Gasteiger partial charge in [0.15, 0.2) is 5.65 Å². The molecule has 0 bridgehead atoms. The van der Waals surface area contributed by atoms with Crippen LogP contribution in [0.5, 0.6) is 0 Å². The van der Waals surface area contributed by atoms with Gasteiger partial charge in [0.05, 0.1) is 34.1 Å². The molecule has 0 saturated heterocycles. The fraction of sp³-hybridized carbons (Fsp3) is 0.333. The van der Waals surface area contributed by atoms with E-state index in [1.807, 2.05) is 0 Å². The number of nitrogens with zero attached hydrogens (tertiary/aromatic N) is 3. The molecule has 2 aromatic carbocycles. The number of rotatable bonds is 8. The van der Waals surface area contributed by atoms with E-state index in [2.05, 4.69) is 26.0 Å². The number of aromatic carboxylic acids is 1. The molecule has 0 spiro atoms. The molecule has 6 rings (SSSR count). The van der Waals surface area contributed by atoms with Crippen molar-refractivity contribution in [2.75, 3.05) is 11.9 Å². The molecule has 0 radical (unpaired) electrons. The number of hydrogen-bond acceptors (Lipinski definition) is 7. The van der Waals surface area contributed by atoms with Crippen molar-refractivity contribution in [3.63, 3.8) is 0 Å². The summed E-state index contributed by atoms with van der Waals surface area (Å²) in [6.45, 7) is 1.78. The first-order valence-corrected chi connectivity index (χ1v) is 15.5. The Kier molecular flexibility index (Phi) is 8.49. The number of benzene rings is 2. The van der Waals surface area contributed by atoms with Gasteiger partial charge in [0, 0.05) is 12.6 Å².